The Hall–Kier alpha value is -2.85. The lowest BCUT2D eigenvalue weighted by Crippen LogP contribution is -2.18. The smallest absolute Gasteiger partial charge is 0.283 e. The fourth-order valence-electron chi connectivity index (χ4n) is 2.99. The summed E-state index contributed by atoms with van der Waals surface area (Å²) < 4.78 is 29.1. The number of benzene rings is 1. The quantitative estimate of drug-likeness (QED) is 0.702. The highest BCUT2D eigenvalue weighted by Gasteiger charge is 2.23. The van der Waals surface area contributed by atoms with Crippen LogP contribution in [0, 0.1) is 6.92 Å². The molecule has 0 atom stereocenters. The van der Waals surface area contributed by atoms with Gasteiger partial charge in [-0.25, -0.2) is 12.8 Å². The van der Waals surface area contributed by atoms with Crippen molar-refractivity contribution in [2.45, 2.75) is 19.0 Å². The van der Waals surface area contributed by atoms with Gasteiger partial charge in [-0.2, -0.15) is 9.36 Å². The van der Waals surface area contributed by atoms with E-state index in [1.807, 2.05) is 32.0 Å². The minimum absolute atomic E-state index is 0.0134. The van der Waals surface area contributed by atoms with E-state index in [-0.39, 0.29) is 21.5 Å². The number of fused-ring (bicyclic) bond motifs is 2. The van der Waals surface area contributed by atoms with Gasteiger partial charge in [-0.05, 0) is 32.1 Å². The van der Waals surface area contributed by atoms with Crippen molar-refractivity contribution in [1.82, 2.24) is 13.8 Å². The number of hydrogen-bond donors (Lipinski definition) is 1. The van der Waals surface area contributed by atoms with Gasteiger partial charge in [0, 0.05) is 34.6 Å². The summed E-state index contributed by atoms with van der Waals surface area (Å²) >= 11 is 0.810. The molecular weight excluding hydrogens is 386 g/mol. The fraction of sp³-hybridized carbons (Fsp3) is 0.176. The summed E-state index contributed by atoms with van der Waals surface area (Å²) in [7, 11) is -3.63. The van der Waals surface area contributed by atoms with Gasteiger partial charge in [-0.3, -0.25) is 9.79 Å². The second-order valence-electron chi connectivity index (χ2n) is 6.35. The molecule has 1 aliphatic heterocycles. The van der Waals surface area contributed by atoms with Crippen LogP contribution in [0.4, 0.5) is 11.5 Å². The Morgan fingerprint density at radius 3 is 2.70 bits per heavy atom. The van der Waals surface area contributed by atoms with Gasteiger partial charge in [-0.15, -0.1) is 0 Å². The van der Waals surface area contributed by atoms with Crippen LogP contribution in [-0.4, -0.2) is 34.1 Å². The highest BCUT2D eigenvalue weighted by molar-refractivity contribution is 7.90. The van der Waals surface area contributed by atoms with Crippen LogP contribution < -0.4 is 11.3 Å². The molecule has 10 heteroatoms. The average Bonchev–Trinajstić information content (AvgIpc) is 3.12. The van der Waals surface area contributed by atoms with Gasteiger partial charge in [0.05, 0.1) is 11.3 Å². The van der Waals surface area contributed by atoms with Crippen molar-refractivity contribution in [3.8, 4) is 0 Å². The lowest BCUT2D eigenvalue weighted by atomic mass is 9.99. The maximum Gasteiger partial charge on any atom is 0.283 e. The minimum atomic E-state index is -3.63. The standard InChI is InChI=1S/C17H15N5O3S2/c1-8-4-5-13-11(6-8)10(9(2)19-13)7-12-14(18)22-16(20-15(12)23)26-21-17(22)27(3,24)25/h4-7H,18H2,1-3H3. The lowest BCUT2D eigenvalue weighted by molar-refractivity contribution is 0.593. The molecule has 2 N–H and O–H groups in total. The molecule has 0 saturated heterocycles. The summed E-state index contributed by atoms with van der Waals surface area (Å²) in [5.41, 5.74) is 10.00. The summed E-state index contributed by atoms with van der Waals surface area (Å²) in [6.45, 7) is 3.81. The summed E-state index contributed by atoms with van der Waals surface area (Å²) in [5.74, 6) is -0.0134. The highest BCUT2D eigenvalue weighted by Crippen LogP contribution is 2.36. The van der Waals surface area contributed by atoms with E-state index in [1.54, 1.807) is 6.08 Å². The Morgan fingerprint density at radius 1 is 1.26 bits per heavy atom. The van der Waals surface area contributed by atoms with Gasteiger partial charge >= 0.3 is 0 Å². The van der Waals surface area contributed by atoms with Gasteiger partial charge in [0.15, 0.2) is 0 Å². The molecule has 1 aliphatic rings. The second-order valence-corrected chi connectivity index (χ2v) is 8.99. The number of nitrogens with two attached hydrogens (primary N) is 1. The maximum atomic E-state index is 12.5. The average molecular weight is 401 g/mol. The molecular formula is C17H15N5O3S2. The molecule has 0 aliphatic carbocycles. The van der Waals surface area contributed by atoms with Crippen LogP contribution in [0.3, 0.4) is 0 Å². The first kappa shape index (κ1) is 17.6. The molecule has 0 saturated carbocycles. The number of allylic oxidation sites excluding steroid dienone is 1. The van der Waals surface area contributed by atoms with Gasteiger partial charge in [-0.1, -0.05) is 11.6 Å². The molecule has 0 radical (unpaired) electrons. The molecule has 4 rings (SSSR count). The Kier molecular flexibility index (Phi) is 3.79. The van der Waals surface area contributed by atoms with Crippen LogP contribution in [0.5, 0.6) is 0 Å². The molecule has 0 unspecified atom stereocenters. The van der Waals surface area contributed by atoms with Crippen LogP contribution in [0.2, 0.25) is 0 Å². The number of rotatable bonds is 2. The topological polar surface area (TPSA) is 120 Å². The first-order valence-electron chi connectivity index (χ1n) is 7.93. The number of anilines is 1. The Morgan fingerprint density at radius 2 is 2.00 bits per heavy atom. The Labute approximate surface area is 158 Å². The van der Waals surface area contributed by atoms with E-state index in [0.29, 0.717) is 0 Å². The summed E-state index contributed by atoms with van der Waals surface area (Å²) in [5, 5.41) is -0.236. The molecule has 138 valence electrons. The third kappa shape index (κ3) is 2.77. The molecule has 0 fully saturated rings. The van der Waals surface area contributed by atoms with E-state index in [2.05, 4.69) is 14.3 Å². The van der Waals surface area contributed by atoms with Crippen molar-refractivity contribution in [3.63, 3.8) is 0 Å². The van der Waals surface area contributed by atoms with Crippen molar-refractivity contribution in [3.05, 3.63) is 45.2 Å². The SMILES string of the molecule is CC1=Nc2ccc(C)cc2C1=Cc1c(N)n2c(S(C)(=O)=O)nsc2nc1=O. The van der Waals surface area contributed by atoms with E-state index in [4.69, 9.17) is 5.73 Å². The number of nitrogens with zero attached hydrogens (tertiary/aromatic N) is 4. The number of aromatic nitrogens is 3. The Bertz CT molecular complexity index is 1350. The van der Waals surface area contributed by atoms with Crippen molar-refractivity contribution < 1.29 is 8.42 Å². The second kappa shape index (κ2) is 5.83. The summed E-state index contributed by atoms with van der Waals surface area (Å²) in [6, 6.07) is 5.86. The molecule has 0 amide bonds. The monoisotopic (exact) mass is 401 g/mol. The number of aliphatic imine (C=N–C) groups is 1. The van der Waals surface area contributed by atoms with Crippen LogP contribution >= 0.6 is 11.5 Å². The molecule has 8 nitrogen and oxygen atoms in total. The first-order chi connectivity index (χ1) is 12.7. The third-order valence-electron chi connectivity index (χ3n) is 4.27. The normalized spacial score (nSPS) is 15.4. The minimum Gasteiger partial charge on any atom is -0.384 e. The lowest BCUT2D eigenvalue weighted by Gasteiger charge is -2.07. The van der Waals surface area contributed by atoms with E-state index in [0.717, 1.165) is 45.9 Å². The predicted molar refractivity (Wildman–Crippen MR) is 106 cm³/mol. The van der Waals surface area contributed by atoms with Gasteiger partial charge < -0.3 is 5.73 Å². The van der Waals surface area contributed by atoms with Gasteiger partial charge in [0.2, 0.25) is 20.0 Å². The van der Waals surface area contributed by atoms with Crippen molar-refractivity contribution in [2.75, 3.05) is 12.0 Å². The first-order valence-corrected chi connectivity index (χ1v) is 10.6. The van der Waals surface area contributed by atoms with Crippen LogP contribution in [0.25, 0.3) is 16.6 Å². The van der Waals surface area contributed by atoms with Crippen LogP contribution in [0.15, 0.2) is 33.1 Å². The van der Waals surface area contributed by atoms with Crippen molar-refractivity contribution in [1.29, 1.82) is 0 Å². The third-order valence-corrected chi connectivity index (χ3v) is 6.03. The fourth-order valence-corrected chi connectivity index (χ4v) is 4.85. The molecule has 2 aromatic heterocycles. The molecule has 3 aromatic rings. The summed E-state index contributed by atoms with van der Waals surface area (Å²) in [4.78, 5) is 21.1. The van der Waals surface area contributed by atoms with E-state index < -0.39 is 15.4 Å². The number of hydrogen-bond acceptors (Lipinski definition) is 8. The molecule has 0 bridgehead atoms. The zero-order valence-electron chi connectivity index (χ0n) is 14.7. The van der Waals surface area contributed by atoms with Gasteiger partial charge in [0.25, 0.3) is 5.56 Å². The van der Waals surface area contributed by atoms with Crippen LogP contribution in [-0.2, 0) is 9.84 Å². The largest absolute Gasteiger partial charge is 0.384 e. The number of nitrogen functional groups attached to an aromatic ring is 1. The zero-order chi connectivity index (χ0) is 19.5. The molecule has 0 spiro atoms. The number of sulfone groups is 1. The van der Waals surface area contributed by atoms with Crippen molar-refractivity contribution in [2.24, 2.45) is 4.99 Å². The van der Waals surface area contributed by atoms with Gasteiger partial charge in [0.1, 0.15) is 5.82 Å². The van der Waals surface area contributed by atoms with Crippen molar-refractivity contribution >= 4 is 55.2 Å². The molecule has 1 aromatic carbocycles. The highest BCUT2D eigenvalue weighted by atomic mass is 32.2. The maximum absolute atomic E-state index is 12.5. The van der Waals surface area contributed by atoms with E-state index in [1.165, 1.54) is 4.40 Å². The number of aryl methyl sites for hydroxylation is 1. The Balaban J connectivity index is 2.02. The molecule has 3 heterocycles. The van der Waals surface area contributed by atoms with Crippen LogP contribution in [0.1, 0.15) is 23.6 Å². The zero-order valence-corrected chi connectivity index (χ0v) is 16.3. The predicted octanol–water partition coefficient (Wildman–Crippen LogP) is 2.09. The van der Waals surface area contributed by atoms with E-state index >= 15 is 0 Å². The summed E-state index contributed by atoms with van der Waals surface area (Å²) in [6.07, 6.45) is 2.65. The molecule has 27 heavy (non-hydrogen) atoms. The van der Waals surface area contributed by atoms with E-state index in [9.17, 15) is 13.2 Å².